The molecule has 0 saturated carbocycles. The van der Waals surface area contributed by atoms with E-state index in [4.69, 9.17) is 4.74 Å². The number of alkyl halides is 1. The van der Waals surface area contributed by atoms with Crippen molar-refractivity contribution in [3.8, 4) is 0 Å². The summed E-state index contributed by atoms with van der Waals surface area (Å²) in [4.78, 5) is 11.7. The number of hydrogen-bond donors (Lipinski definition) is 1. The summed E-state index contributed by atoms with van der Waals surface area (Å²) in [6.07, 6.45) is 1.76. The van der Waals surface area contributed by atoms with Crippen LogP contribution in [-0.2, 0) is 11.2 Å². The Morgan fingerprint density at radius 2 is 2.17 bits per heavy atom. The van der Waals surface area contributed by atoms with Crippen molar-refractivity contribution in [3.05, 3.63) is 35.4 Å². The van der Waals surface area contributed by atoms with Gasteiger partial charge in [-0.15, -0.1) is 0 Å². The molecule has 0 unspecified atom stereocenters. The number of carbonyl (C=O) groups is 1. The Hall–Kier alpha value is -0.780. The lowest BCUT2D eigenvalue weighted by Crippen LogP contribution is -2.38. The fourth-order valence-electron chi connectivity index (χ4n) is 2.26. The van der Waals surface area contributed by atoms with Gasteiger partial charge in [0.15, 0.2) is 0 Å². The van der Waals surface area contributed by atoms with Crippen LogP contribution in [0.3, 0.4) is 0 Å². The maximum absolute atomic E-state index is 11.7. The van der Waals surface area contributed by atoms with Gasteiger partial charge in [0, 0.05) is 3.92 Å². The molecule has 0 heterocycles. The number of carbonyl (C=O) groups excluding carboxylic acids is 1. The highest BCUT2D eigenvalue weighted by molar-refractivity contribution is 14.1. The number of hydrogen-bond acceptors (Lipinski definition) is 2. The Kier molecular flexibility index (Phi) is 4.48. The standard InChI is InChI=1S/C14H18INO2/c1-9(2)18-14(17)16-13-11-6-4-3-5-10(11)7-8-12(13)15/h3-6,9,12-13H,7-8H2,1-2H3,(H,16,17)/t12-,13-/m0/s1. The molecule has 0 bridgehead atoms. The van der Waals surface area contributed by atoms with Crippen LogP contribution in [0.25, 0.3) is 0 Å². The van der Waals surface area contributed by atoms with Crippen LogP contribution in [0.5, 0.6) is 0 Å². The van der Waals surface area contributed by atoms with Gasteiger partial charge in [0.25, 0.3) is 0 Å². The summed E-state index contributed by atoms with van der Waals surface area (Å²) in [6, 6.07) is 8.37. The van der Waals surface area contributed by atoms with E-state index in [9.17, 15) is 4.79 Å². The molecule has 2 rings (SSSR count). The Morgan fingerprint density at radius 1 is 1.44 bits per heavy atom. The molecule has 1 aliphatic carbocycles. The minimum absolute atomic E-state index is 0.0572. The van der Waals surface area contributed by atoms with Gasteiger partial charge in [-0.2, -0.15) is 0 Å². The lowest BCUT2D eigenvalue weighted by atomic mass is 9.88. The van der Waals surface area contributed by atoms with Gasteiger partial charge < -0.3 is 10.1 Å². The number of nitrogens with one attached hydrogen (secondary N) is 1. The van der Waals surface area contributed by atoms with Gasteiger partial charge in [0.05, 0.1) is 12.1 Å². The van der Waals surface area contributed by atoms with E-state index in [1.54, 1.807) is 0 Å². The summed E-state index contributed by atoms with van der Waals surface area (Å²) in [5, 5.41) is 2.99. The Balaban J connectivity index is 2.14. The maximum atomic E-state index is 11.7. The van der Waals surface area contributed by atoms with Gasteiger partial charge in [-0.1, -0.05) is 46.9 Å². The number of amides is 1. The van der Waals surface area contributed by atoms with Gasteiger partial charge in [0.1, 0.15) is 0 Å². The number of aryl methyl sites for hydroxylation is 1. The average molecular weight is 359 g/mol. The summed E-state index contributed by atoms with van der Waals surface area (Å²) in [5.41, 5.74) is 2.56. The Morgan fingerprint density at radius 3 is 2.89 bits per heavy atom. The smallest absolute Gasteiger partial charge is 0.407 e. The molecule has 3 nitrogen and oxygen atoms in total. The van der Waals surface area contributed by atoms with Gasteiger partial charge in [0.2, 0.25) is 0 Å². The lowest BCUT2D eigenvalue weighted by molar-refractivity contribution is 0.111. The summed E-state index contributed by atoms with van der Waals surface area (Å²) < 4.78 is 5.58. The number of ether oxygens (including phenoxy) is 1. The zero-order valence-corrected chi connectivity index (χ0v) is 12.8. The predicted molar refractivity (Wildman–Crippen MR) is 80.1 cm³/mol. The van der Waals surface area contributed by atoms with Crippen molar-refractivity contribution in [2.24, 2.45) is 0 Å². The second kappa shape index (κ2) is 5.91. The molecule has 0 spiro atoms. The molecule has 1 aromatic carbocycles. The van der Waals surface area contributed by atoms with Crippen LogP contribution in [0.1, 0.15) is 37.4 Å². The first-order chi connectivity index (χ1) is 8.58. The molecule has 98 valence electrons. The van der Waals surface area contributed by atoms with Crippen molar-refractivity contribution >= 4 is 28.7 Å². The van der Waals surface area contributed by atoms with E-state index in [0.29, 0.717) is 3.92 Å². The molecule has 1 aliphatic rings. The van der Waals surface area contributed by atoms with Crippen molar-refractivity contribution in [3.63, 3.8) is 0 Å². The highest BCUT2D eigenvalue weighted by atomic mass is 127. The normalized spacial score (nSPS) is 22.4. The van der Waals surface area contributed by atoms with Crippen molar-refractivity contribution < 1.29 is 9.53 Å². The van der Waals surface area contributed by atoms with E-state index >= 15 is 0 Å². The largest absolute Gasteiger partial charge is 0.447 e. The van der Waals surface area contributed by atoms with Crippen LogP contribution in [0.4, 0.5) is 4.79 Å². The first-order valence-electron chi connectivity index (χ1n) is 6.27. The molecular formula is C14H18INO2. The molecule has 0 saturated heterocycles. The molecule has 1 N–H and O–H groups in total. The molecule has 4 heteroatoms. The van der Waals surface area contributed by atoms with Crippen LogP contribution >= 0.6 is 22.6 Å². The Bertz CT molecular complexity index is 434. The second-order valence-electron chi connectivity index (χ2n) is 4.83. The molecule has 18 heavy (non-hydrogen) atoms. The highest BCUT2D eigenvalue weighted by Crippen LogP contribution is 2.34. The van der Waals surface area contributed by atoms with E-state index in [2.05, 4.69) is 46.1 Å². The molecule has 0 aliphatic heterocycles. The van der Waals surface area contributed by atoms with Crippen LogP contribution in [0.2, 0.25) is 0 Å². The minimum Gasteiger partial charge on any atom is -0.447 e. The van der Waals surface area contributed by atoms with Crippen LogP contribution < -0.4 is 5.32 Å². The van der Waals surface area contributed by atoms with E-state index in [1.807, 2.05) is 19.9 Å². The third-order valence-electron chi connectivity index (χ3n) is 3.06. The molecule has 1 amide bonds. The number of halogens is 1. The fraction of sp³-hybridized carbons (Fsp3) is 0.500. The minimum atomic E-state index is -0.326. The fourth-order valence-corrected chi connectivity index (χ4v) is 3.14. The lowest BCUT2D eigenvalue weighted by Gasteiger charge is -2.30. The SMILES string of the molecule is CC(C)OC(=O)N[C@H]1c2ccccc2CC[C@@H]1I. The number of alkyl carbamates (subject to hydrolysis) is 1. The highest BCUT2D eigenvalue weighted by Gasteiger charge is 2.29. The topological polar surface area (TPSA) is 38.3 Å². The number of fused-ring (bicyclic) bond motifs is 1. The first-order valence-corrected chi connectivity index (χ1v) is 7.51. The van der Waals surface area contributed by atoms with Crippen LogP contribution in [0, 0.1) is 0 Å². The van der Waals surface area contributed by atoms with Crippen molar-refractivity contribution in [1.29, 1.82) is 0 Å². The van der Waals surface area contributed by atoms with Gasteiger partial charge in [-0.3, -0.25) is 0 Å². The van der Waals surface area contributed by atoms with Gasteiger partial charge in [-0.05, 0) is 37.8 Å². The molecular weight excluding hydrogens is 341 g/mol. The number of rotatable bonds is 2. The summed E-state index contributed by atoms with van der Waals surface area (Å²) in [5.74, 6) is 0. The van der Waals surface area contributed by atoms with Crippen molar-refractivity contribution in [1.82, 2.24) is 5.32 Å². The van der Waals surface area contributed by atoms with Crippen molar-refractivity contribution in [2.45, 2.75) is 42.8 Å². The quantitative estimate of drug-likeness (QED) is 0.647. The van der Waals surface area contributed by atoms with E-state index in [0.717, 1.165) is 12.8 Å². The zero-order valence-electron chi connectivity index (χ0n) is 10.7. The third kappa shape index (κ3) is 3.16. The predicted octanol–water partition coefficient (Wildman–Crippen LogP) is 3.61. The summed E-state index contributed by atoms with van der Waals surface area (Å²) in [6.45, 7) is 3.71. The molecule has 0 fully saturated rings. The first kappa shape index (κ1) is 13.6. The third-order valence-corrected chi connectivity index (χ3v) is 4.40. The van der Waals surface area contributed by atoms with Gasteiger partial charge in [-0.25, -0.2) is 4.79 Å². The van der Waals surface area contributed by atoms with E-state index < -0.39 is 0 Å². The van der Waals surface area contributed by atoms with Gasteiger partial charge >= 0.3 is 6.09 Å². The van der Waals surface area contributed by atoms with Crippen LogP contribution in [0.15, 0.2) is 24.3 Å². The van der Waals surface area contributed by atoms with Crippen LogP contribution in [-0.4, -0.2) is 16.1 Å². The van der Waals surface area contributed by atoms with E-state index in [1.165, 1.54) is 11.1 Å². The molecule has 0 aromatic heterocycles. The second-order valence-corrected chi connectivity index (χ2v) is 6.43. The average Bonchev–Trinajstić information content (AvgIpc) is 2.32. The molecule has 2 atom stereocenters. The zero-order chi connectivity index (χ0) is 13.1. The molecule has 0 radical (unpaired) electrons. The number of benzene rings is 1. The Labute approximate surface area is 121 Å². The van der Waals surface area contributed by atoms with Crippen molar-refractivity contribution in [2.75, 3.05) is 0 Å². The monoisotopic (exact) mass is 359 g/mol. The maximum Gasteiger partial charge on any atom is 0.407 e. The van der Waals surface area contributed by atoms with E-state index in [-0.39, 0.29) is 18.2 Å². The summed E-state index contributed by atoms with van der Waals surface area (Å²) >= 11 is 2.41. The summed E-state index contributed by atoms with van der Waals surface area (Å²) in [7, 11) is 0. The molecule has 1 aromatic rings.